The second-order valence-corrected chi connectivity index (χ2v) is 3.65. The number of nitrogens with two attached hydrogens (primary N) is 1. The van der Waals surface area contributed by atoms with Gasteiger partial charge >= 0.3 is 0 Å². The lowest BCUT2D eigenvalue weighted by Crippen LogP contribution is -2.00. The number of benzene rings is 1. The zero-order chi connectivity index (χ0) is 11.4. The van der Waals surface area contributed by atoms with E-state index in [1.54, 1.807) is 6.20 Å². The minimum Gasteiger partial charge on any atom is -0.485 e. The van der Waals surface area contributed by atoms with Gasteiger partial charge in [0.15, 0.2) is 0 Å². The Balaban J connectivity index is 2.05. The molecule has 0 aliphatic rings. The van der Waals surface area contributed by atoms with Gasteiger partial charge in [0.25, 0.3) is 0 Å². The zero-order valence-corrected chi connectivity index (χ0v) is 9.18. The fourth-order valence-corrected chi connectivity index (χ4v) is 1.43. The minimum absolute atomic E-state index is 0.439. The number of rotatable bonds is 3. The molecule has 1 aromatic heterocycles. The monoisotopic (exact) mass is 214 g/mol. The van der Waals surface area contributed by atoms with Crippen molar-refractivity contribution in [2.75, 3.05) is 5.73 Å². The lowest BCUT2D eigenvalue weighted by atomic mass is 10.2. The van der Waals surface area contributed by atoms with Gasteiger partial charge < -0.3 is 10.5 Å². The standard InChI is InChI=1S/C13H14N2O/c1-10-5-6-13(12(14)8-10)16-9-11-4-2-3-7-15-11/h2-8H,9,14H2,1H3. The molecular formula is C13H14N2O. The molecule has 0 saturated heterocycles. The van der Waals surface area contributed by atoms with E-state index >= 15 is 0 Å². The number of aryl methyl sites for hydroxylation is 1. The SMILES string of the molecule is Cc1ccc(OCc2ccccn2)c(N)c1. The van der Waals surface area contributed by atoms with Crippen LogP contribution in [0.25, 0.3) is 0 Å². The highest BCUT2D eigenvalue weighted by Gasteiger charge is 2.01. The van der Waals surface area contributed by atoms with Gasteiger partial charge in [-0.1, -0.05) is 12.1 Å². The molecule has 0 fully saturated rings. The lowest BCUT2D eigenvalue weighted by molar-refractivity contribution is 0.303. The summed E-state index contributed by atoms with van der Waals surface area (Å²) >= 11 is 0. The van der Waals surface area contributed by atoms with E-state index in [2.05, 4.69) is 4.98 Å². The Bertz CT molecular complexity index is 469. The van der Waals surface area contributed by atoms with Crippen molar-refractivity contribution in [3.63, 3.8) is 0 Å². The third-order valence-electron chi connectivity index (χ3n) is 2.27. The number of anilines is 1. The summed E-state index contributed by atoms with van der Waals surface area (Å²) in [5.74, 6) is 0.705. The van der Waals surface area contributed by atoms with Crippen molar-refractivity contribution < 1.29 is 4.74 Å². The molecule has 0 aliphatic heterocycles. The predicted octanol–water partition coefficient (Wildman–Crippen LogP) is 2.55. The molecule has 0 saturated carbocycles. The smallest absolute Gasteiger partial charge is 0.142 e. The highest BCUT2D eigenvalue weighted by atomic mass is 16.5. The van der Waals surface area contributed by atoms with Crippen molar-refractivity contribution in [1.82, 2.24) is 4.98 Å². The molecule has 16 heavy (non-hydrogen) atoms. The maximum atomic E-state index is 5.84. The third kappa shape index (κ3) is 2.51. The van der Waals surface area contributed by atoms with Crippen LogP contribution in [-0.4, -0.2) is 4.98 Å². The van der Waals surface area contributed by atoms with Crippen molar-refractivity contribution in [3.05, 3.63) is 53.9 Å². The molecule has 2 N–H and O–H groups in total. The summed E-state index contributed by atoms with van der Waals surface area (Å²) in [4.78, 5) is 4.18. The first-order valence-electron chi connectivity index (χ1n) is 5.14. The van der Waals surface area contributed by atoms with Gasteiger partial charge in [-0.25, -0.2) is 0 Å². The van der Waals surface area contributed by atoms with Gasteiger partial charge in [-0.3, -0.25) is 4.98 Å². The fraction of sp³-hybridized carbons (Fsp3) is 0.154. The molecule has 0 aliphatic carbocycles. The molecule has 2 rings (SSSR count). The normalized spacial score (nSPS) is 10.1. The summed E-state index contributed by atoms with van der Waals surface area (Å²) in [6.07, 6.45) is 1.75. The van der Waals surface area contributed by atoms with Crippen LogP contribution >= 0.6 is 0 Å². The van der Waals surface area contributed by atoms with Gasteiger partial charge in [-0.15, -0.1) is 0 Å². The van der Waals surface area contributed by atoms with Gasteiger partial charge in [-0.2, -0.15) is 0 Å². The topological polar surface area (TPSA) is 48.1 Å². The number of hydrogen-bond acceptors (Lipinski definition) is 3. The van der Waals surface area contributed by atoms with Crippen LogP contribution in [0.2, 0.25) is 0 Å². The Labute approximate surface area is 94.9 Å². The molecular weight excluding hydrogens is 200 g/mol. The summed E-state index contributed by atoms with van der Waals surface area (Å²) in [5, 5.41) is 0. The molecule has 1 heterocycles. The largest absolute Gasteiger partial charge is 0.485 e. The highest BCUT2D eigenvalue weighted by Crippen LogP contribution is 2.22. The summed E-state index contributed by atoms with van der Waals surface area (Å²) in [6, 6.07) is 11.5. The van der Waals surface area contributed by atoms with Crippen molar-refractivity contribution in [3.8, 4) is 5.75 Å². The number of ether oxygens (including phenoxy) is 1. The van der Waals surface area contributed by atoms with Gasteiger partial charge in [0.05, 0.1) is 11.4 Å². The summed E-state index contributed by atoms with van der Waals surface area (Å²) < 4.78 is 5.59. The fourth-order valence-electron chi connectivity index (χ4n) is 1.43. The predicted molar refractivity (Wildman–Crippen MR) is 64.2 cm³/mol. The van der Waals surface area contributed by atoms with E-state index in [1.165, 1.54) is 0 Å². The van der Waals surface area contributed by atoms with E-state index in [4.69, 9.17) is 10.5 Å². The molecule has 1 aromatic carbocycles. The van der Waals surface area contributed by atoms with Gasteiger partial charge in [0.1, 0.15) is 12.4 Å². The molecule has 0 amide bonds. The molecule has 2 aromatic rings. The van der Waals surface area contributed by atoms with E-state index in [0.717, 1.165) is 11.3 Å². The first-order valence-corrected chi connectivity index (χ1v) is 5.14. The number of nitrogens with zero attached hydrogens (tertiary/aromatic N) is 1. The molecule has 3 nitrogen and oxygen atoms in total. The van der Waals surface area contributed by atoms with Crippen molar-refractivity contribution in [2.45, 2.75) is 13.5 Å². The van der Waals surface area contributed by atoms with E-state index in [0.29, 0.717) is 18.0 Å². The highest BCUT2D eigenvalue weighted by molar-refractivity contribution is 5.54. The number of nitrogen functional groups attached to an aromatic ring is 1. The molecule has 0 unspecified atom stereocenters. The molecule has 3 heteroatoms. The number of hydrogen-bond donors (Lipinski definition) is 1. The maximum Gasteiger partial charge on any atom is 0.142 e. The van der Waals surface area contributed by atoms with Crippen molar-refractivity contribution >= 4 is 5.69 Å². The zero-order valence-electron chi connectivity index (χ0n) is 9.18. The van der Waals surface area contributed by atoms with Gasteiger partial charge in [0, 0.05) is 6.20 Å². The summed E-state index contributed by atoms with van der Waals surface area (Å²) in [7, 11) is 0. The van der Waals surface area contributed by atoms with Crippen LogP contribution in [-0.2, 0) is 6.61 Å². The van der Waals surface area contributed by atoms with Crippen LogP contribution in [0.5, 0.6) is 5.75 Å². The number of aromatic nitrogens is 1. The second kappa shape index (κ2) is 4.66. The molecule has 0 radical (unpaired) electrons. The molecule has 82 valence electrons. The Morgan fingerprint density at radius 2 is 2.12 bits per heavy atom. The maximum absolute atomic E-state index is 5.84. The molecule has 0 spiro atoms. The van der Waals surface area contributed by atoms with E-state index < -0.39 is 0 Å². The van der Waals surface area contributed by atoms with E-state index in [1.807, 2.05) is 43.3 Å². The van der Waals surface area contributed by atoms with Crippen LogP contribution in [0.1, 0.15) is 11.3 Å². The van der Waals surface area contributed by atoms with Crippen LogP contribution < -0.4 is 10.5 Å². The Morgan fingerprint density at radius 3 is 2.81 bits per heavy atom. The lowest BCUT2D eigenvalue weighted by Gasteiger charge is -2.08. The van der Waals surface area contributed by atoms with Crippen LogP contribution in [0.3, 0.4) is 0 Å². The van der Waals surface area contributed by atoms with Gasteiger partial charge in [-0.05, 0) is 36.8 Å². The van der Waals surface area contributed by atoms with Crippen molar-refractivity contribution in [1.29, 1.82) is 0 Å². The first-order chi connectivity index (χ1) is 7.75. The average Bonchev–Trinajstić information content (AvgIpc) is 2.29. The van der Waals surface area contributed by atoms with E-state index in [9.17, 15) is 0 Å². The minimum atomic E-state index is 0.439. The van der Waals surface area contributed by atoms with Crippen LogP contribution in [0.15, 0.2) is 42.6 Å². The van der Waals surface area contributed by atoms with Crippen LogP contribution in [0, 0.1) is 6.92 Å². The summed E-state index contributed by atoms with van der Waals surface area (Å²) in [5.41, 5.74) is 8.52. The third-order valence-corrected chi connectivity index (χ3v) is 2.27. The van der Waals surface area contributed by atoms with Gasteiger partial charge in [0.2, 0.25) is 0 Å². The molecule has 0 atom stereocenters. The Hall–Kier alpha value is -2.03. The van der Waals surface area contributed by atoms with Crippen molar-refractivity contribution in [2.24, 2.45) is 0 Å². The van der Waals surface area contributed by atoms with E-state index in [-0.39, 0.29) is 0 Å². The molecule has 0 bridgehead atoms. The average molecular weight is 214 g/mol. The summed E-state index contributed by atoms with van der Waals surface area (Å²) in [6.45, 7) is 2.44. The second-order valence-electron chi connectivity index (χ2n) is 3.65. The Morgan fingerprint density at radius 1 is 1.25 bits per heavy atom. The first kappa shape index (κ1) is 10.5. The quantitative estimate of drug-likeness (QED) is 0.799. The van der Waals surface area contributed by atoms with Crippen LogP contribution in [0.4, 0.5) is 5.69 Å². The Kier molecular flexibility index (Phi) is 3.05. The number of pyridine rings is 1.